The first-order valence-corrected chi connectivity index (χ1v) is 4.38. The molecule has 0 spiro atoms. The SMILES string of the molecule is C=C(C)C(CC)CCN(C)C. The Morgan fingerprint density at radius 2 is 2.00 bits per heavy atom. The predicted octanol–water partition coefficient (Wildman–Crippen LogP) is 2.54. The summed E-state index contributed by atoms with van der Waals surface area (Å²) in [7, 11) is 4.23. The summed E-state index contributed by atoms with van der Waals surface area (Å²) in [6.45, 7) is 9.52. The zero-order valence-electron chi connectivity index (χ0n) is 8.35. The lowest BCUT2D eigenvalue weighted by Crippen LogP contribution is -2.16. The van der Waals surface area contributed by atoms with Crippen molar-refractivity contribution in [1.29, 1.82) is 0 Å². The molecule has 0 aromatic carbocycles. The van der Waals surface area contributed by atoms with Crippen LogP contribution in [0.25, 0.3) is 0 Å². The van der Waals surface area contributed by atoms with E-state index in [2.05, 4.69) is 39.4 Å². The van der Waals surface area contributed by atoms with Crippen molar-refractivity contribution >= 4 is 0 Å². The molecular weight excluding hydrogens is 134 g/mol. The third kappa shape index (κ3) is 5.02. The van der Waals surface area contributed by atoms with Crippen LogP contribution in [0.15, 0.2) is 12.2 Å². The van der Waals surface area contributed by atoms with Crippen molar-refractivity contribution in [3.05, 3.63) is 12.2 Å². The van der Waals surface area contributed by atoms with Gasteiger partial charge in [-0.15, -0.1) is 0 Å². The maximum absolute atomic E-state index is 3.99. The average Bonchev–Trinajstić information content (AvgIpc) is 1.87. The first kappa shape index (κ1) is 10.7. The van der Waals surface area contributed by atoms with Gasteiger partial charge in [-0.2, -0.15) is 0 Å². The molecule has 0 rings (SSSR count). The Morgan fingerprint density at radius 1 is 1.45 bits per heavy atom. The van der Waals surface area contributed by atoms with Crippen molar-refractivity contribution in [3.63, 3.8) is 0 Å². The topological polar surface area (TPSA) is 3.24 Å². The fraction of sp³-hybridized carbons (Fsp3) is 0.800. The molecule has 0 aromatic rings. The summed E-state index contributed by atoms with van der Waals surface area (Å²) in [5, 5.41) is 0. The second-order valence-corrected chi connectivity index (χ2v) is 3.54. The Bertz CT molecular complexity index is 116. The molecule has 0 aromatic heterocycles. The lowest BCUT2D eigenvalue weighted by atomic mass is 9.95. The van der Waals surface area contributed by atoms with E-state index in [1.54, 1.807) is 0 Å². The summed E-state index contributed by atoms with van der Waals surface area (Å²) < 4.78 is 0. The van der Waals surface area contributed by atoms with E-state index in [0.717, 1.165) is 5.92 Å². The predicted molar refractivity (Wildman–Crippen MR) is 51.8 cm³/mol. The first-order valence-electron chi connectivity index (χ1n) is 4.38. The normalized spacial score (nSPS) is 13.5. The van der Waals surface area contributed by atoms with Gasteiger partial charge >= 0.3 is 0 Å². The fourth-order valence-corrected chi connectivity index (χ4v) is 1.21. The maximum atomic E-state index is 3.99. The summed E-state index contributed by atoms with van der Waals surface area (Å²) in [6, 6.07) is 0. The molecule has 0 amide bonds. The van der Waals surface area contributed by atoms with E-state index in [4.69, 9.17) is 0 Å². The van der Waals surface area contributed by atoms with E-state index in [-0.39, 0.29) is 0 Å². The van der Waals surface area contributed by atoms with Crippen LogP contribution in [0.4, 0.5) is 0 Å². The first-order chi connectivity index (χ1) is 5.07. The second kappa shape index (κ2) is 5.36. The van der Waals surface area contributed by atoms with Gasteiger partial charge in [-0.05, 0) is 46.3 Å². The molecule has 0 bridgehead atoms. The molecule has 0 radical (unpaired) electrons. The number of hydrogen-bond acceptors (Lipinski definition) is 1. The van der Waals surface area contributed by atoms with Crippen molar-refractivity contribution in [2.45, 2.75) is 26.7 Å². The molecule has 1 atom stereocenters. The molecule has 0 aliphatic heterocycles. The molecule has 0 aliphatic rings. The van der Waals surface area contributed by atoms with E-state index in [1.165, 1.54) is 25.0 Å². The van der Waals surface area contributed by atoms with Gasteiger partial charge in [0, 0.05) is 0 Å². The van der Waals surface area contributed by atoms with Gasteiger partial charge in [0.1, 0.15) is 0 Å². The van der Waals surface area contributed by atoms with Gasteiger partial charge in [-0.3, -0.25) is 0 Å². The fourth-order valence-electron chi connectivity index (χ4n) is 1.21. The van der Waals surface area contributed by atoms with Crippen LogP contribution in [0.2, 0.25) is 0 Å². The van der Waals surface area contributed by atoms with Gasteiger partial charge in [0.05, 0.1) is 0 Å². The summed E-state index contributed by atoms with van der Waals surface area (Å²) in [4.78, 5) is 2.23. The third-order valence-electron chi connectivity index (χ3n) is 2.11. The highest BCUT2D eigenvalue weighted by atomic mass is 15.0. The smallest absolute Gasteiger partial charge is 0.00191 e. The molecule has 0 saturated heterocycles. The molecule has 11 heavy (non-hydrogen) atoms. The van der Waals surface area contributed by atoms with E-state index >= 15 is 0 Å². The maximum Gasteiger partial charge on any atom is -0.00191 e. The van der Waals surface area contributed by atoms with Gasteiger partial charge in [-0.25, -0.2) is 0 Å². The Labute approximate surface area is 71.1 Å². The minimum absolute atomic E-state index is 0.720. The zero-order chi connectivity index (χ0) is 8.85. The van der Waals surface area contributed by atoms with Crippen LogP contribution in [0.1, 0.15) is 26.7 Å². The van der Waals surface area contributed by atoms with Gasteiger partial charge in [0.2, 0.25) is 0 Å². The average molecular weight is 155 g/mol. The molecule has 0 saturated carbocycles. The van der Waals surface area contributed by atoms with Crippen molar-refractivity contribution < 1.29 is 0 Å². The summed E-state index contributed by atoms with van der Waals surface area (Å²) in [5.41, 5.74) is 1.33. The number of nitrogens with zero attached hydrogens (tertiary/aromatic N) is 1. The van der Waals surface area contributed by atoms with E-state index < -0.39 is 0 Å². The third-order valence-corrected chi connectivity index (χ3v) is 2.11. The van der Waals surface area contributed by atoms with Gasteiger partial charge in [-0.1, -0.05) is 19.1 Å². The van der Waals surface area contributed by atoms with Crippen LogP contribution in [0, 0.1) is 5.92 Å². The van der Waals surface area contributed by atoms with Crippen LogP contribution < -0.4 is 0 Å². The van der Waals surface area contributed by atoms with Crippen LogP contribution in [-0.2, 0) is 0 Å². The largest absolute Gasteiger partial charge is 0.309 e. The lowest BCUT2D eigenvalue weighted by Gasteiger charge is -2.17. The minimum atomic E-state index is 0.720. The van der Waals surface area contributed by atoms with Crippen molar-refractivity contribution in [1.82, 2.24) is 4.90 Å². The van der Waals surface area contributed by atoms with E-state index in [0.29, 0.717) is 0 Å². The summed E-state index contributed by atoms with van der Waals surface area (Å²) >= 11 is 0. The van der Waals surface area contributed by atoms with Gasteiger partial charge < -0.3 is 4.90 Å². The molecule has 1 unspecified atom stereocenters. The van der Waals surface area contributed by atoms with Crippen molar-refractivity contribution in [2.75, 3.05) is 20.6 Å². The van der Waals surface area contributed by atoms with Crippen LogP contribution in [0.5, 0.6) is 0 Å². The molecule has 1 nitrogen and oxygen atoms in total. The van der Waals surface area contributed by atoms with E-state index in [9.17, 15) is 0 Å². The van der Waals surface area contributed by atoms with E-state index in [1.807, 2.05) is 0 Å². The van der Waals surface area contributed by atoms with Crippen LogP contribution in [0.3, 0.4) is 0 Å². The monoisotopic (exact) mass is 155 g/mol. The highest BCUT2D eigenvalue weighted by Crippen LogP contribution is 2.16. The molecular formula is C10H21N. The van der Waals surface area contributed by atoms with Crippen molar-refractivity contribution in [2.24, 2.45) is 5.92 Å². The van der Waals surface area contributed by atoms with Gasteiger partial charge in [0.15, 0.2) is 0 Å². The Balaban J connectivity index is 3.61. The number of hydrogen-bond donors (Lipinski definition) is 0. The second-order valence-electron chi connectivity index (χ2n) is 3.54. The summed E-state index contributed by atoms with van der Waals surface area (Å²) in [6.07, 6.45) is 2.47. The Hall–Kier alpha value is -0.300. The highest BCUT2D eigenvalue weighted by Gasteiger charge is 2.06. The molecule has 1 heteroatoms. The molecule has 0 heterocycles. The Kier molecular flexibility index (Phi) is 5.22. The minimum Gasteiger partial charge on any atom is -0.309 e. The number of allylic oxidation sites excluding steroid dienone is 1. The zero-order valence-corrected chi connectivity index (χ0v) is 8.35. The Morgan fingerprint density at radius 3 is 2.27 bits per heavy atom. The molecule has 0 fully saturated rings. The molecule has 0 N–H and O–H groups in total. The summed E-state index contributed by atoms with van der Waals surface area (Å²) in [5.74, 6) is 0.720. The number of rotatable bonds is 5. The van der Waals surface area contributed by atoms with Gasteiger partial charge in [0.25, 0.3) is 0 Å². The highest BCUT2D eigenvalue weighted by molar-refractivity contribution is 4.95. The quantitative estimate of drug-likeness (QED) is 0.551. The van der Waals surface area contributed by atoms with Crippen LogP contribution in [-0.4, -0.2) is 25.5 Å². The van der Waals surface area contributed by atoms with Crippen molar-refractivity contribution in [3.8, 4) is 0 Å². The molecule has 0 aliphatic carbocycles. The molecule has 66 valence electrons. The van der Waals surface area contributed by atoms with Crippen LogP contribution >= 0.6 is 0 Å². The standard InChI is InChI=1S/C10H21N/c1-6-10(9(2)3)7-8-11(4)5/h10H,2,6-8H2,1,3-5H3. The lowest BCUT2D eigenvalue weighted by molar-refractivity contribution is 0.364.